The molecule has 0 fully saturated rings. The predicted molar refractivity (Wildman–Crippen MR) is 126 cm³/mol. The quantitative estimate of drug-likeness (QED) is 0.454. The number of amides is 2. The molecule has 7 heteroatoms. The molecule has 0 spiro atoms. The Kier molecular flexibility index (Phi) is 10.0. The van der Waals surface area contributed by atoms with Crippen LogP contribution in [0.15, 0.2) is 47.4 Å². The fraction of sp³-hybridized carbons (Fsp3) is 0.391. The van der Waals surface area contributed by atoms with E-state index in [0.29, 0.717) is 35.3 Å². The molecule has 0 radical (unpaired) electrons. The van der Waals surface area contributed by atoms with Gasteiger partial charge in [0.1, 0.15) is 6.04 Å². The van der Waals surface area contributed by atoms with Gasteiger partial charge < -0.3 is 10.2 Å². The minimum Gasteiger partial charge on any atom is -0.354 e. The molecule has 0 bridgehead atoms. The van der Waals surface area contributed by atoms with E-state index in [4.69, 9.17) is 23.2 Å². The van der Waals surface area contributed by atoms with Crippen LogP contribution in [0.25, 0.3) is 0 Å². The maximum atomic E-state index is 13.0. The fourth-order valence-corrected chi connectivity index (χ4v) is 4.01. The average molecular weight is 467 g/mol. The molecule has 0 saturated carbocycles. The van der Waals surface area contributed by atoms with Crippen molar-refractivity contribution in [3.8, 4) is 0 Å². The molecule has 1 atom stereocenters. The number of benzene rings is 2. The van der Waals surface area contributed by atoms with Crippen molar-refractivity contribution in [2.75, 3.05) is 12.3 Å². The van der Waals surface area contributed by atoms with Gasteiger partial charge in [-0.1, -0.05) is 53.9 Å². The summed E-state index contributed by atoms with van der Waals surface area (Å²) in [5.74, 6) is 0.416. The second kappa shape index (κ2) is 12.2. The highest BCUT2D eigenvalue weighted by molar-refractivity contribution is 7.99. The van der Waals surface area contributed by atoms with E-state index in [1.807, 2.05) is 19.9 Å². The maximum Gasteiger partial charge on any atom is 0.242 e. The molecule has 0 saturated heterocycles. The Morgan fingerprint density at radius 2 is 1.80 bits per heavy atom. The minimum absolute atomic E-state index is 0.0696. The Labute approximate surface area is 193 Å². The van der Waals surface area contributed by atoms with Crippen LogP contribution in [0.1, 0.15) is 37.8 Å². The summed E-state index contributed by atoms with van der Waals surface area (Å²) in [4.78, 5) is 28.3. The van der Waals surface area contributed by atoms with Crippen LogP contribution in [0.3, 0.4) is 0 Å². The average Bonchev–Trinajstić information content (AvgIpc) is 2.73. The van der Waals surface area contributed by atoms with E-state index in [0.717, 1.165) is 16.9 Å². The summed E-state index contributed by atoms with van der Waals surface area (Å²) in [5.41, 5.74) is 2.04. The van der Waals surface area contributed by atoms with Gasteiger partial charge in [0.25, 0.3) is 0 Å². The normalized spacial score (nSPS) is 11.8. The third-order valence-corrected chi connectivity index (χ3v) is 6.41. The molecule has 1 N–H and O–H groups in total. The smallest absolute Gasteiger partial charge is 0.242 e. The number of nitrogens with one attached hydrogen (secondary N) is 1. The van der Waals surface area contributed by atoms with Crippen molar-refractivity contribution in [1.29, 1.82) is 0 Å². The Bertz CT molecular complexity index is 859. The van der Waals surface area contributed by atoms with Crippen LogP contribution in [-0.2, 0) is 16.1 Å². The van der Waals surface area contributed by atoms with Crippen molar-refractivity contribution in [2.45, 2.75) is 51.1 Å². The molecular weight excluding hydrogens is 439 g/mol. The van der Waals surface area contributed by atoms with Crippen LogP contribution in [0.2, 0.25) is 10.0 Å². The van der Waals surface area contributed by atoms with Gasteiger partial charge in [-0.05, 0) is 50.1 Å². The number of thioether (sulfide) groups is 1. The summed E-state index contributed by atoms with van der Waals surface area (Å²) in [6, 6.07) is 12.9. The zero-order valence-electron chi connectivity index (χ0n) is 17.6. The first-order valence-electron chi connectivity index (χ1n) is 10.0. The second-order valence-electron chi connectivity index (χ2n) is 7.15. The summed E-state index contributed by atoms with van der Waals surface area (Å²) in [5, 5.41) is 3.77. The molecule has 0 heterocycles. The molecule has 0 aromatic heterocycles. The number of carbonyl (C=O) groups excluding carboxylic acids is 2. The van der Waals surface area contributed by atoms with Gasteiger partial charge in [0, 0.05) is 30.2 Å². The Morgan fingerprint density at radius 1 is 1.10 bits per heavy atom. The standard InChI is InChI=1S/C23H28Cl2N2O2S/c1-4-12-26-23(29)17(3)27(15-18-7-10-20(24)21(25)14-18)22(28)11-13-30-19-8-5-16(2)6-9-19/h5-10,14,17H,4,11-13,15H2,1-3H3,(H,26,29)/t17-/m0/s1. The lowest BCUT2D eigenvalue weighted by Crippen LogP contribution is -2.47. The summed E-state index contributed by atoms with van der Waals surface area (Å²) in [7, 11) is 0. The molecular formula is C23H28Cl2N2O2S. The van der Waals surface area contributed by atoms with E-state index in [9.17, 15) is 9.59 Å². The molecule has 0 aliphatic rings. The van der Waals surface area contributed by atoms with Gasteiger partial charge in [0.05, 0.1) is 10.0 Å². The van der Waals surface area contributed by atoms with E-state index in [2.05, 4.69) is 29.6 Å². The lowest BCUT2D eigenvalue weighted by molar-refractivity contribution is -0.140. The van der Waals surface area contributed by atoms with Crippen molar-refractivity contribution in [3.63, 3.8) is 0 Å². The van der Waals surface area contributed by atoms with Gasteiger partial charge in [-0.15, -0.1) is 11.8 Å². The largest absolute Gasteiger partial charge is 0.354 e. The highest BCUT2D eigenvalue weighted by Crippen LogP contribution is 2.24. The van der Waals surface area contributed by atoms with Crippen molar-refractivity contribution in [1.82, 2.24) is 10.2 Å². The van der Waals surface area contributed by atoms with Gasteiger partial charge in [-0.25, -0.2) is 0 Å². The van der Waals surface area contributed by atoms with E-state index >= 15 is 0 Å². The lowest BCUT2D eigenvalue weighted by Gasteiger charge is -2.29. The Hall–Kier alpha value is -1.69. The molecule has 30 heavy (non-hydrogen) atoms. The van der Waals surface area contributed by atoms with E-state index < -0.39 is 6.04 Å². The summed E-state index contributed by atoms with van der Waals surface area (Å²) in [6.07, 6.45) is 1.18. The van der Waals surface area contributed by atoms with Gasteiger partial charge in [-0.3, -0.25) is 9.59 Å². The molecule has 2 aromatic carbocycles. The Balaban J connectivity index is 2.07. The maximum absolute atomic E-state index is 13.0. The number of rotatable bonds is 10. The number of nitrogens with zero attached hydrogens (tertiary/aromatic N) is 1. The topological polar surface area (TPSA) is 49.4 Å². The molecule has 0 aliphatic carbocycles. The van der Waals surface area contributed by atoms with Gasteiger partial charge in [0.15, 0.2) is 0 Å². The summed E-state index contributed by atoms with van der Waals surface area (Å²) >= 11 is 13.8. The summed E-state index contributed by atoms with van der Waals surface area (Å²) < 4.78 is 0. The monoisotopic (exact) mass is 466 g/mol. The molecule has 4 nitrogen and oxygen atoms in total. The lowest BCUT2D eigenvalue weighted by atomic mass is 10.1. The van der Waals surface area contributed by atoms with Crippen LogP contribution in [0, 0.1) is 6.92 Å². The second-order valence-corrected chi connectivity index (χ2v) is 9.13. The first kappa shape index (κ1) is 24.6. The molecule has 0 unspecified atom stereocenters. The third-order valence-electron chi connectivity index (χ3n) is 4.66. The van der Waals surface area contributed by atoms with Crippen molar-refractivity contribution < 1.29 is 9.59 Å². The molecule has 0 aliphatic heterocycles. The van der Waals surface area contributed by atoms with Crippen molar-refractivity contribution >= 4 is 46.8 Å². The van der Waals surface area contributed by atoms with Crippen LogP contribution < -0.4 is 5.32 Å². The number of hydrogen-bond donors (Lipinski definition) is 1. The first-order chi connectivity index (χ1) is 14.3. The SMILES string of the molecule is CCCNC(=O)[C@H](C)N(Cc1ccc(Cl)c(Cl)c1)C(=O)CCSc1ccc(C)cc1. The fourth-order valence-electron chi connectivity index (χ4n) is 2.85. The number of aryl methyl sites for hydroxylation is 1. The number of carbonyl (C=O) groups is 2. The van der Waals surface area contributed by atoms with E-state index in [1.165, 1.54) is 5.56 Å². The first-order valence-corrected chi connectivity index (χ1v) is 11.8. The minimum atomic E-state index is -0.581. The predicted octanol–water partition coefficient (Wildman–Crippen LogP) is 5.73. The molecule has 2 rings (SSSR count). The highest BCUT2D eigenvalue weighted by Gasteiger charge is 2.25. The molecule has 2 aromatic rings. The number of hydrogen-bond acceptors (Lipinski definition) is 3. The van der Waals surface area contributed by atoms with Crippen molar-refractivity contribution in [3.05, 3.63) is 63.6 Å². The van der Waals surface area contributed by atoms with E-state index in [-0.39, 0.29) is 11.8 Å². The van der Waals surface area contributed by atoms with E-state index in [1.54, 1.807) is 35.7 Å². The van der Waals surface area contributed by atoms with Crippen LogP contribution in [0.4, 0.5) is 0 Å². The van der Waals surface area contributed by atoms with Crippen LogP contribution in [0.5, 0.6) is 0 Å². The number of halogens is 2. The highest BCUT2D eigenvalue weighted by atomic mass is 35.5. The Morgan fingerprint density at radius 3 is 2.43 bits per heavy atom. The van der Waals surface area contributed by atoms with Crippen LogP contribution in [-0.4, -0.2) is 35.1 Å². The van der Waals surface area contributed by atoms with Gasteiger partial charge >= 0.3 is 0 Å². The van der Waals surface area contributed by atoms with Gasteiger partial charge in [0.2, 0.25) is 11.8 Å². The zero-order chi connectivity index (χ0) is 22.1. The zero-order valence-corrected chi connectivity index (χ0v) is 19.9. The van der Waals surface area contributed by atoms with Crippen molar-refractivity contribution in [2.24, 2.45) is 0 Å². The molecule has 162 valence electrons. The van der Waals surface area contributed by atoms with Crippen LogP contribution >= 0.6 is 35.0 Å². The molecule has 2 amide bonds. The third kappa shape index (κ3) is 7.53. The summed E-state index contributed by atoms with van der Waals surface area (Å²) in [6.45, 7) is 6.68. The van der Waals surface area contributed by atoms with Gasteiger partial charge in [-0.2, -0.15) is 0 Å².